The molecule has 140 valence electrons. The number of carbonyl (C=O) groups excluding carboxylic acids is 1. The Bertz CT molecular complexity index is 1230. The number of nitrogen functional groups attached to an aromatic ring is 1. The molecule has 0 fully saturated rings. The molecule has 6 heteroatoms. The molecule has 3 heterocycles. The van der Waals surface area contributed by atoms with Gasteiger partial charge in [0.1, 0.15) is 9.71 Å². The number of aryl methyl sites for hydroxylation is 1. The van der Waals surface area contributed by atoms with Crippen LogP contribution in [0.5, 0.6) is 0 Å². The van der Waals surface area contributed by atoms with Crippen molar-refractivity contribution in [3.8, 4) is 0 Å². The Morgan fingerprint density at radius 2 is 2.14 bits per heavy atom. The summed E-state index contributed by atoms with van der Waals surface area (Å²) in [5, 5.41) is 4.80. The van der Waals surface area contributed by atoms with Gasteiger partial charge in [-0.25, -0.2) is 4.98 Å². The van der Waals surface area contributed by atoms with E-state index in [1.807, 2.05) is 30.3 Å². The lowest BCUT2D eigenvalue weighted by Crippen LogP contribution is -2.13. The van der Waals surface area contributed by atoms with Crippen LogP contribution in [0.3, 0.4) is 0 Å². The third-order valence-electron chi connectivity index (χ3n) is 5.39. The minimum Gasteiger partial charge on any atom is -0.397 e. The van der Waals surface area contributed by atoms with Crippen molar-refractivity contribution in [2.24, 2.45) is 5.92 Å². The van der Waals surface area contributed by atoms with Crippen molar-refractivity contribution in [3.05, 3.63) is 58.7 Å². The van der Waals surface area contributed by atoms with Gasteiger partial charge >= 0.3 is 0 Å². The standard InChI is InChI=1S/C22H20N4OS/c1-12-6-7-18-14(8-12)10-16-19(23)20(28-22(16)26-18)21(27)25-15-9-13-4-2-3-5-17(13)24-11-15/h2-5,9-12H,6-8,23H2,1H3,(H,25,27). The van der Waals surface area contributed by atoms with Crippen LogP contribution in [0.15, 0.2) is 42.6 Å². The molecule has 3 aromatic heterocycles. The van der Waals surface area contributed by atoms with Gasteiger partial charge in [0.25, 0.3) is 5.91 Å². The minimum absolute atomic E-state index is 0.219. The summed E-state index contributed by atoms with van der Waals surface area (Å²) >= 11 is 1.36. The molecule has 0 saturated heterocycles. The number of rotatable bonds is 2. The highest BCUT2D eigenvalue weighted by atomic mass is 32.1. The zero-order valence-corrected chi connectivity index (χ0v) is 16.3. The molecule has 4 aromatic rings. The Morgan fingerprint density at radius 3 is 3.04 bits per heavy atom. The number of nitrogens with two attached hydrogens (primary N) is 1. The summed E-state index contributed by atoms with van der Waals surface area (Å²) in [5.41, 5.74) is 10.8. The normalized spacial score (nSPS) is 16.2. The number of hydrogen-bond acceptors (Lipinski definition) is 5. The van der Waals surface area contributed by atoms with Gasteiger partial charge in [-0.3, -0.25) is 9.78 Å². The van der Waals surface area contributed by atoms with E-state index in [0.717, 1.165) is 46.1 Å². The van der Waals surface area contributed by atoms with Gasteiger partial charge in [-0.2, -0.15) is 0 Å². The van der Waals surface area contributed by atoms with Gasteiger partial charge in [0.05, 0.1) is 23.1 Å². The quantitative estimate of drug-likeness (QED) is 0.517. The fourth-order valence-corrected chi connectivity index (χ4v) is 4.86. The van der Waals surface area contributed by atoms with Gasteiger partial charge in [0.15, 0.2) is 0 Å². The monoisotopic (exact) mass is 388 g/mol. The number of anilines is 2. The molecular formula is C22H20N4OS. The number of nitrogens with one attached hydrogen (secondary N) is 1. The molecule has 1 aliphatic carbocycles. The highest BCUT2D eigenvalue weighted by Gasteiger charge is 2.22. The first-order chi connectivity index (χ1) is 13.6. The van der Waals surface area contributed by atoms with E-state index in [2.05, 4.69) is 23.3 Å². The first-order valence-electron chi connectivity index (χ1n) is 9.45. The molecule has 1 atom stereocenters. The predicted octanol–water partition coefficient (Wildman–Crippen LogP) is 4.80. The summed E-state index contributed by atoms with van der Waals surface area (Å²) in [6, 6.07) is 11.9. The van der Waals surface area contributed by atoms with Crippen molar-refractivity contribution in [3.63, 3.8) is 0 Å². The third-order valence-corrected chi connectivity index (χ3v) is 6.50. The molecule has 1 unspecified atom stereocenters. The average molecular weight is 388 g/mol. The number of aromatic nitrogens is 2. The lowest BCUT2D eigenvalue weighted by Gasteiger charge is -2.20. The maximum atomic E-state index is 12.9. The van der Waals surface area contributed by atoms with Crippen LogP contribution in [0.25, 0.3) is 21.1 Å². The van der Waals surface area contributed by atoms with Crippen LogP contribution in [-0.2, 0) is 12.8 Å². The number of hydrogen-bond donors (Lipinski definition) is 2. The maximum Gasteiger partial charge on any atom is 0.267 e. The van der Waals surface area contributed by atoms with Gasteiger partial charge in [-0.15, -0.1) is 11.3 Å². The molecule has 28 heavy (non-hydrogen) atoms. The van der Waals surface area contributed by atoms with Gasteiger partial charge in [-0.05, 0) is 48.9 Å². The van der Waals surface area contributed by atoms with Crippen LogP contribution in [0.4, 0.5) is 11.4 Å². The summed E-state index contributed by atoms with van der Waals surface area (Å²) in [6.45, 7) is 2.26. The van der Waals surface area contributed by atoms with E-state index in [9.17, 15) is 4.79 Å². The predicted molar refractivity (Wildman–Crippen MR) is 115 cm³/mol. The van der Waals surface area contributed by atoms with Crippen LogP contribution in [0, 0.1) is 5.92 Å². The molecule has 0 spiro atoms. The first kappa shape index (κ1) is 17.1. The summed E-state index contributed by atoms with van der Waals surface area (Å²) in [5.74, 6) is 0.443. The molecule has 0 saturated carbocycles. The third kappa shape index (κ3) is 2.90. The van der Waals surface area contributed by atoms with Gasteiger partial charge in [0, 0.05) is 16.5 Å². The number of carbonyl (C=O) groups is 1. The van der Waals surface area contributed by atoms with Crippen LogP contribution < -0.4 is 11.1 Å². The number of fused-ring (bicyclic) bond motifs is 3. The number of thiophene rings is 1. The topological polar surface area (TPSA) is 80.9 Å². The summed E-state index contributed by atoms with van der Waals surface area (Å²) in [6.07, 6.45) is 4.85. The van der Waals surface area contributed by atoms with Crippen LogP contribution in [0.1, 0.15) is 34.3 Å². The van der Waals surface area contributed by atoms with Crippen molar-refractivity contribution in [2.45, 2.75) is 26.2 Å². The Kier molecular flexibility index (Phi) is 4.02. The fraction of sp³-hybridized carbons (Fsp3) is 0.227. The number of benzene rings is 1. The van der Waals surface area contributed by atoms with Gasteiger partial charge in [-0.1, -0.05) is 25.1 Å². The fourth-order valence-electron chi connectivity index (χ4n) is 3.87. The zero-order chi connectivity index (χ0) is 19.3. The zero-order valence-electron chi connectivity index (χ0n) is 15.5. The van der Waals surface area contributed by atoms with E-state index in [4.69, 9.17) is 10.7 Å². The van der Waals surface area contributed by atoms with E-state index >= 15 is 0 Å². The molecule has 5 rings (SSSR count). The number of amides is 1. The second-order valence-corrected chi connectivity index (χ2v) is 8.51. The molecule has 3 N–H and O–H groups in total. The smallest absolute Gasteiger partial charge is 0.267 e. The average Bonchev–Trinajstić information content (AvgIpc) is 3.02. The molecule has 1 aliphatic rings. The Hall–Kier alpha value is -2.99. The minimum atomic E-state index is -0.219. The Morgan fingerprint density at radius 1 is 1.29 bits per heavy atom. The van der Waals surface area contributed by atoms with Crippen molar-refractivity contribution in [2.75, 3.05) is 11.1 Å². The molecule has 5 nitrogen and oxygen atoms in total. The largest absolute Gasteiger partial charge is 0.397 e. The van der Waals surface area contributed by atoms with Crippen LogP contribution in [-0.4, -0.2) is 15.9 Å². The molecular weight excluding hydrogens is 368 g/mol. The Labute approximate surface area is 166 Å². The summed E-state index contributed by atoms with van der Waals surface area (Å²) in [7, 11) is 0. The maximum absolute atomic E-state index is 12.9. The van der Waals surface area contributed by atoms with E-state index in [1.165, 1.54) is 16.9 Å². The van der Waals surface area contributed by atoms with Crippen LogP contribution in [0.2, 0.25) is 0 Å². The lowest BCUT2D eigenvalue weighted by molar-refractivity contribution is 0.103. The van der Waals surface area contributed by atoms with E-state index in [0.29, 0.717) is 22.2 Å². The molecule has 0 aliphatic heterocycles. The molecule has 1 aromatic carbocycles. The lowest BCUT2D eigenvalue weighted by atomic mass is 9.87. The highest BCUT2D eigenvalue weighted by Crippen LogP contribution is 2.36. The Balaban J connectivity index is 1.49. The van der Waals surface area contributed by atoms with Crippen molar-refractivity contribution in [1.82, 2.24) is 9.97 Å². The van der Waals surface area contributed by atoms with Gasteiger partial charge in [0.2, 0.25) is 0 Å². The van der Waals surface area contributed by atoms with E-state index in [1.54, 1.807) is 6.20 Å². The van der Waals surface area contributed by atoms with Gasteiger partial charge < -0.3 is 11.1 Å². The number of nitrogens with zero attached hydrogens (tertiary/aromatic N) is 2. The summed E-state index contributed by atoms with van der Waals surface area (Å²) < 4.78 is 0. The number of para-hydroxylation sites is 1. The van der Waals surface area contributed by atoms with Crippen molar-refractivity contribution >= 4 is 49.7 Å². The van der Waals surface area contributed by atoms with Crippen molar-refractivity contribution in [1.29, 1.82) is 0 Å². The van der Waals surface area contributed by atoms with E-state index < -0.39 is 0 Å². The summed E-state index contributed by atoms with van der Waals surface area (Å²) in [4.78, 5) is 23.4. The number of pyridine rings is 2. The SMILES string of the molecule is CC1CCc2nc3sc(C(=O)Nc4cnc5ccccc5c4)c(N)c3cc2C1. The second kappa shape index (κ2) is 6.56. The van der Waals surface area contributed by atoms with Crippen molar-refractivity contribution < 1.29 is 4.79 Å². The highest BCUT2D eigenvalue weighted by molar-refractivity contribution is 7.21. The first-order valence-corrected chi connectivity index (χ1v) is 10.3. The molecule has 0 bridgehead atoms. The molecule has 1 amide bonds. The van der Waals surface area contributed by atoms with E-state index in [-0.39, 0.29) is 5.91 Å². The second-order valence-electron chi connectivity index (χ2n) is 7.51. The molecule has 0 radical (unpaired) electrons. The van der Waals surface area contributed by atoms with Crippen LogP contribution >= 0.6 is 11.3 Å².